The molecule has 0 bridgehead atoms. The largest absolute Gasteiger partial charge is 0.490 e. The Kier molecular flexibility index (Phi) is 7.74. The molecular weight excluding hydrogens is 476 g/mol. The van der Waals surface area contributed by atoms with E-state index in [0.717, 1.165) is 32.5 Å². The number of rotatable bonds is 8. The molecule has 1 aromatic carbocycles. The van der Waals surface area contributed by atoms with Crippen molar-refractivity contribution >= 4 is 18.0 Å². The summed E-state index contributed by atoms with van der Waals surface area (Å²) in [6.07, 6.45) is 1.64. The number of fused-ring (bicyclic) bond motifs is 1. The van der Waals surface area contributed by atoms with Gasteiger partial charge in [-0.2, -0.15) is 0 Å². The van der Waals surface area contributed by atoms with Crippen molar-refractivity contribution in [1.82, 2.24) is 9.80 Å². The summed E-state index contributed by atoms with van der Waals surface area (Å²) in [6, 6.07) is 5.62. The van der Waals surface area contributed by atoms with Crippen LogP contribution in [0.15, 0.2) is 18.2 Å². The number of esters is 2. The van der Waals surface area contributed by atoms with Gasteiger partial charge in [-0.15, -0.1) is 0 Å². The third-order valence-electron chi connectivity index (χ3n) is 7.75. The van der Waals surface area contributed by atoms with Crippen LogP contribution in [0, 0.1) is 17.8 Å². The van der Waals surface area contributed by atoms with Crippen molar-refractivity contribution < 1.29 is 33.3 Å². The van der Waals surface area contributed by atoms with Gasteiger partial charge in [-0.3, -0.25) is 4.90 Å². The summed E-state index contributed by atoms with van der Waals surface area (Å²) in [6.45, 7) is 12.8. The van der Waals surface area contributed by atoms with Gasteiger partial charge in [0.05, 0.1) is 25.3 Å². The molecule has 0 aromatic heterocycles. The topological polar surface area (TPSA) is 94.6 Å². The van der Waals surface area contributed by atoms with Crippen LogP contribution in [0.3, 0.4) is 0 Å². The highest BCUT2D eigenvalue weighted by atomic mass is 16.6. The molecule has 1 aliphatic heterocycles. The first-order valence-corrected chi connectivity index (χ1v) is 13.1. The molecule has 1 amide bonds. The molecule has 4 rings (SSSR count). The zero-order valence-electron chi connectivity index (χ0n) is 23.0. The van der Waals surface area contributed by atoms with E-state index in [1.54, 1.807) is 12.1 Å². The summed E-state index contributed by atoms with van der Waals surface area (Å²) in [5.41, 5.74) is -0.184. The maximum absolute atomic E-state index is 12.4. The number of methoxy groups -OCH3 is 2. The van der Waals surface area contributed by atoms with E-state index >= 15 is 0 Å². The van der Waals surface area contributed by atoms with E-state index in [1.807, 2.05) is 25.7 Å². The molecule has 204 valence electrons. The predicted molar refractivity (Wildman–Crippen MR) is 137 cm³/mol. The molecule has 3 fully saturated rings. The van der Waals surface area contributed by atoms with Crippen LogP contribution in [0.4, 0.5) is 4.79 Å². The van der Waals surface area contributed by atoms with Gasteiger partial charge >= 0.3 is 18.0 Å². The summed E-state index contributed by atoms with van der Waals surface area (Å²) >= 11 is 0. The van der Waals surface area contributed by atoms with Crippen LogP contribution in [-0.4, -0.2) is 85.5 Å². The average molecular weight is 517 g/mol. The molecule has 3 atom stereocenters. The van der Waals surface area contributed by atoms with Gasteiger partial charge in [0.15, 0.2) is 0 Å². The van der Waals surface area contributed by atoms with E-state index in [0.29, 0.717) is 35.6 Å². The lowest BCUT2D eigenvalue weighted by atomic mass is 9.86. The van der Waals surface area contributed by atoms with Gasteiger partial charge in [0.25, 0.3) is 0 Å². The van der Waals surface area contributed by atoms with Crippen LogP contribution in [-0.2, 0) is 14.2 Å². The SMILES string of the molecule is COC(=O)c1ccc(OC2CC(N(CC3C4CN(C(=O)OC(C)(C)C)C[C@@H]43)C(C)C)C2)cc1C(=O)OC. The highest BCUT2D eigenvalue weighted by molar-refractivity contribution is 6.03. The van der Waals surface area contributed by atoms with Crippen LogP contribution < -0.4 is 4.74 Å². The Hall–Kier alpha value is -2.81. The first-order valence-electron chi connectivity index (χ1n) is 13.1. The summed E-state index contributed by atoms with van der Waals surface area (Å²) < 4.78 is 21.3. The summed E-state index contributed by atoms with van der Waals surface area (Å²) in [7, 11) is 2.55. The van der Waals surface area contributed by atoms with Crippen LogP contribution in [0.2, 0.25) is 0 Å². The summed E-state index contributed by atoms with van der Waals surface area (Å²) in [5.74, 6) is 1.07. The molecule has 2 saturated carbocycles. The van der Waals surface area contributed by atoms with Gasteiger partial charge in [0, 0.05) is 44.6 Å². The number of amides is 1. The lowest BCUT2D eigenvalue weighted by Crippen LogP contribution is -2.52. The van der Waals surface area contributed by atoms with E-state index < -0.39 is 17.5 Å². The fourth-order valence-corrected chi connectivity index (χ4v) is 5.68. The number of hydrogen-bond acceptors (Lipinski definition) is 8. The molecule has 1 saturated heterocycles. The van der Waals surface area contributed by atoms with Crippen molar-refractivity contribution in [3.05, 3.63) is 29.3 Å². The van der Waals surface area contributed by atoms with E-state index in [9.17, 15) is 14.4 Å². The van der Waals surface area contributed by atoms with Gasteiger partial charge in [-0.05, 0) is 70.6 Å². The Morgan fingerprint density at radius 1 is 1.00 bits per heavy atom. The maximum atomic E-state index is 12.4. The number of likely N-dealkylation sites (tertiary alicyclic amines) is 1. The first-order chi connectivity index (χ1) is 17.4. The van der Waals surface area contributed by atoms with E-state index in [-0.39, 0.29) is 23.3 Å². The Bertz CT molecular complexity index is 1020. The Labute approximate surface area is 219 Å². The Balaban J connectivity index is 1.29. The quantitative estimate of drug-likeness (QED) is 0.378. The molecule has 9 heteroatoms. The number of nitrogens with zero attached hydrogens (tertiary/aromatic N) is 2. The summed E-state index contributed by atoms with van der Waals surface area (Å²) in [5, 5.41) is 0. The minimum absolute atomic E-state index is 0.0436. The minimum Gasteiger partial charge on any atom is -0.490 e. The standard InChI is InChI=1S/C28H40N2O7/c1-16(2)30(15-24-22-13-29(14-23(22)24)27(33)37-28(3,4)5)17-10-19(11-17)36-18-8-9-20(25(31)34-6)21(12-18)26(32)35-7/h8-9,12,16-17,19,22-24H,10-11,13-15H2,1-7H3/t17?,19?,22-,23?,24?/m0/s1. The molecule has 37 heavy (non-hydrogen) atoms. The second kappa shape index (κ2) is 10.5. The van der Waals surface area contributed by atoms with Crippen molar-refractivity contribution in [2.24, 2.45) is 17.8 Å². The normalized spacial score (nSPS) is 26.4. The fourth-order valence-electron chi connectivity index (χ4n) is 5.68. The monoisotopic (exact) mass is 516 g/mol. The fraction of sp³-hybridized carbons (Fsp3) is 0.679. The zero-order valence-corrected chi connectivity index (χ0v) is 23.0. The number of hydrogen-bond donors (Lipinski definition) is 0. The number of carbonyl (C=O) groups is 3. The third kappa shape index (κ3) is 6.03. The van der Waals surface area contributed by atoms with Crippen molar-refractivity contribution in [3.63, 3.8) is 0 Å². The predicted octanol–water partition coefficient (Wildman–Crippen LogP) is 3.99. The molecule has 0 N–H and O–H groups in total. The van der Waals surface area contributed by atoms with E-state index in [4.69, 9.17) is 18.9 Å². The number of piperidine rings is 1. The maximum Gasteiger partial charge on any atom is 0.410 e. The number of ether oxygens (including phenoxy) is 4. The number of carbonyl (C=O) groups excluding carboxylic acids is 3. The van der Waals surface area contributed by atoms with Gasteiger partial charge in [0.1, 0.15) is 17.5 Å². The van der Waals surface area contributed by atoms with Crippen LogP contribution in [0.1, 0.15) is 68.2 Å². The molecule has 0 spiro atoms. The van der Waals surface area contributed by atoms with E-state index in [1.165, 1.54) is 20.3 Å². The van der Waals surface area contributed by atoms with Gasteiger partial charge < -0.3 is 23.8 Å². The van der Waals surface area contributed by atoms with Crippen LogP contribution in [0.25, 0.3) is 0 Å². The van der Waals surface area contributed by atoms with Crippen LogP contribution in [0.5, 0.6) is 5.75 Å². The lowest BCUT2D eigenvalue weighted by Gasteiger charge is -2.45. The highest BCUT2D eigenvalue weighted by Gasteiger charge is 2.58. The molecule has 1 heterocycles. The van der Waals surface area contributed by atoms with Gasteiger partial charge in [-0.25, -0.2) is 14.4 Å². The summed E-state index contributed by atoms with van der Waals surface area (Å²) in [4.78, 5) is 41.0. The molecule has 2 unspecified atom stereocenters. The Morgan fingerprint density at radius 2 is 1.59 bits per heavy atom. The molecule has 3 aliphatic rings. The molecule has 9 nitrogen and oxygen atoms in total. The Morgan fingerprint density at radius 3 is 2.14 bits per heavy atom. The second-order valence-corrected chi connectivity index (χ2v) is 11.7. The van der Waals surface area contributed by atoms with Crippen molar-refractivity contribution in [2.45, 2.75) is 71.2 Å². The van der Waals surface area contributed by atoms with Gasteiger partial charge in [-0.1, -0.05) is 0 Å². The second-order valence-electron chi connectivity index (χ2n) is 11.7. The van der Waals surface area contributed by atoms with Gasteiger partial charge in [0.2, 0.25) is 0 Å². The average Bonchev–Trinajstić information content (AvgIpc) is 3.24. The molecule has 2 aliphatic carbocycles. The minimum atomic E-state index is -0.608. The van der Waals surface area contributed by atoms with Crippen molar-refractivity contribution in [3.8, 4) is 5.75 Å². The lowest BCUT2D eigenvalue weighted by molar-refractivity contribution is -0.00313. The number of benzene rings is 1. The third-order valence-corrected chi connectivity index (χ3v) is 7.75. The molecule has 0 radical (unpaired) electrons. The smallest absolute Gasteiger partial charge is 0.410 e. The highest BCUT2D eigenvalue weighted by Crippen LogP contribution is 2.53. The zero-order chi connectivity index (χ0) is 27.1. The molecule has 1 aromatic rings. The molecular formula is C28H40N2O7. The van der Waals surface area contributed by atoms with E-state index in [2.05, 4.69) is 18.7 Å². The van der Waals surface area contributed by atoms with Crippen molar-refractivity contribution in [1.29, 1.82) is 0 Å². The van der Waals surface area contributed by atoms with Crippen LogP contribution >= 0.6 is 0 Å². The first kappa shape index (κ1) is 27.2. The van der Waals surface area contributed by atoms with Crippen molar-refractivity contribution in [2.75, 3.05) is 33.9 Å².